The first-order chi connectivity index (χ1) is 9.01. The minimum Gasteiger partial charge on any atom is -0.354 e. The topological polar surface area (TPSA) is 35.8 Å². The second-order valence-corrected chi connectivity index (χ2v) is 4.90. The van der Waals surface area contributed by atoms with Gasteiger partial charge >= 0.3 is 0 Å². The Kier molecular flexibility index (Phi) is 4.16. The zero-order chi connectivity index (χ0) is 14.0. The number of halogens is 4. The number of nitriles is 1. The molecule has 0 amide bonds. The zero-order valence-electron chi connectivity index (χ0n) is 9.35. The van der Waals surface area contributed by atoms with E-state index >= 15 is 0 Å². The monoisotopic (exact) mass is 314 g/mol. The summed E-state index contributed by atoms with van der Waals surface area (Å²) in [7, 11) is 0. The predicted molar refractivity (Wildman–Crippen MR) is 75.9 cm³/mol. The predicted octanol–water partition coefficient (Wildman–Crippen LogP) is 5.40. The van der Waals surface area contributed by atoms with Crippen LogP contribution in [-0.4, -0.2) is 0 Å². The first-order valence-electron chi connectivity index (χ1n) is 5.12. The van der Waals surface area contributed by atoms with Crippen LogP contribution in [0.15, 0.2) is 30.3 Å². The number of hydrogen-bond donors (Lipinski definition) is 1. The van der Waals surface area contributed by atoms with E-state index in [4.69, 9.17) is 40.1 Å². The summed E-state index contributed by atoms with van der Waals surface area (Å²) in [5.41, 5.74) is 0.933. The van der Waals surface area contributed by atoms with Crippen molar-refractivity contribution in [3.05, 3.63) is 56.8 Å². The summed E-state index contributed by atoms with van der Waals surface area (Å²) in [6.45, 7) is 0. The maximum atomic E-state index is 13.5. The summed E-state index contributed by atoms with van der Waals surface area (Å²) >= 11 is 17.7. The van der Waals surface area contributed by atoms with Crippen LogP contribution in [0.5, 0.6) is 0 Å². The Morgan fingerprint density at radius 1 is 1.00 bits per heavy atom. The van der Waals surface area contributed by atoms with Gasteiger partial charge in [-0.25, -0.2) is 4.39 Å². The van der Waals surface area contributed by atoms with E-state index in [9.17, 15) is 4.39 Å². The summed E-state index contributed by atoms with van der Waals surface area (Å²) < 4.78 is 13.5. The van der Waals surface area contributed by atoms with Crippen LogP contribution < -0.4 is 5.32 Å². The molecule has 0 spiro atoms. The van der Waals surface area contributed by atoms with Gasteiger partial charge in [-0.3, -0.25) is 0 Å². The highest BCUT2D eigenvalue weighted by molar-refractivity contribution is 6.44. The second-order valence-electron chi connectivity index (χ2n) is 3.68. The highest BCUT2D eigenvalue weighted by Gasteiger charge is 2.08. The fourth-order valence-corrected chi connectivity index (χ4v) is 2.05. The molecule has 2 rings (SSSR count). The van der Waals surface area contributed by atoms with Crippen molar-refractivity contribution in [3.63, 3.8) is 0 Å². The first kappa shape index (κ1) is 14.0. The minimum atomic E-state index is -0.608. The van der Waals surface area contributed by atoms with Crippen LogP contribution in [0.25, 0.3) is 0 Å². The third-order valence-electron chi connectivity index (χ3n) is 2.38. The summed E-state index contributed by atoms with van der Waals surface area (Å²) in [6, 6.07) is 8.94. The maximum absolute atomic E-state index is 13.5. The van der Waals surface area contributed by atoms with Crippen molar-refractivity contribution in [1.82, 2.24) is 0 Å². The van der Waals surface area contributed by atoms with Crippen molar-refractivity contribution >= 4 is 46.2 Å². The van der Waals surface area contributed by atoms with Crippen molar-refractivity contribution in [1.29, 1.82) is 5.26 Å². The van der Waals surface area contributed by atoms with Gasteiger partial charge in [0.25, 0.3) is 0 Å². The Hall–Kier alpha value is -1.47. The van der Waals surface area contributed by atoms with Crippen LogP contribution in [0, 0.1) is 17.1 Å². The molecule has 0 heterocycles. The third-order valence-corrected chi connectivity index (χ3v) is 3.41. The number of nitrogens with zero attached hydrogens (tertiary/aromatic N) is 1. The lowest BCUT2D eigenvalue weighted by molar-refractivity contribution is 0.624. The molecular formula is C13H6Cl3FN2. The van der Waals surface area contributed by atoms with Crippen molar-refractivity contribution in [2.24, 2.45) is 0 Å². The molecule has 19 heavy (non-hydrogen) atoms. The molecule has 1 N–H and O–H groups in total. The van der Waals surface area contributed by atoms with Gasteiger partial charge in [-0.15, -0.1) is 0 Å². The number of nitrogens with one attached hydrogen (secondary N) is 1. The van der Waals surface area contributed by atoms with Gasteiger partial charge in [-0.05, 0) is 30.3 Å². The fourth-order valence-electron chi connectivity index (χ4n) is 1.46. The van der Waals surface area contributed by atoms with Gasteiger partial charge in [0, 0.05) is 5.69 Å². The summed E-state index contributed by atoms with van der Waals surface area (Å²) in [5, 5.41) is 12.6. The van der Waals surface area contributed by atoms with Crippen LogP contribution in [0.2, 0.25) is 15.1 Å². The quantitative estimate of drug-likeness (QED) is 0.753. The average Bonchev–Trinajstić information content (AvgIpc) is 2.36. The highest BCUT2D eigenvalue weighted by Crippen LogP contribution is 2.34. The van der Waals surface area contributed by atoms with Gasteiger partial charge in [0.1, 0.15) is 11.9 Å². The number of rotatable bonds is 2. The Morgan fingerprint density at radius 2 is 1.68 bits per heavy atom. The molecule has 0 aliphatic carbocycles. The van der Waals surface area contributed by atoms with Crippen LogP contribution in [0.3, 0.4) is 0 Å². The molecule has 0 saturated carbocycles. The van der Waals surface area contributed by atoms with Gasteiger partial charge in [-0.1, -0.05) is 34.8 Å². The number of benzene rings is 2. The third kappa shape index (κ3) is 3.10. The molecular weight excluding hydrogens is 310 g/mol. The Bertz CT molecular complexity index is 680. The van der Waals surface area contributed by atoms with Gasteiger partial charge in [-0.2, -0.15) is 5.26 Å². The summed E-state index contributed by atoms with van der Waals surface area (Å²) in [4.78, 5) is 0. The van der Waals surface area contributed by atoms with E-state index in [0.717, 1.165) is 0 Å². The highest BCUT2D eigenvalue weighted by atomic mass is 35.5. The van der Waals surface area contributed by atoms with E-state index in [-0.39, 0.29) is 5.56 Å². The molecule has 0 radical (unpaired) electrons. The molecule has 6 heteroatoms. The van der Waals surface area contributed by atoms with E-state index in [1.165, 1.54) is 18.2 Å². The van der Waals surface area contributed by atoms with Crippen molar-refractivity contribution in [2.45, 2.75) is 0 Å². The SMILES string of the molecule is N#Cc1ccc(Nc2cc(Cl)c(Cl)cc2Cl)cc1F. The maximum Gasteiger partial charge on any atom is 0.143 e. The molecule has 0 saturated heterocycles. The Balaban J connectivity index is 2.34. The Labute approximate surface area is 124 Å². The molecule has 96 valence electrons. The molecule has 2 aromatic rings. The Morgan fingerprint density at radius 3 is 2.32 bits per heavy atom. The molecule has 2 nitrogen and oxygen atoms in total. The normalized spacial score (nSPS) is 10.1. The van der Waals surface area contributed by atoms with E-state index < -0.39 is 5.82 Å². The van der Waals surface area contributed by atoms with Crippen LogP contribution in [0.4, 0.5) is 15.8 Å². The minimum absolute atomic E-state index is 0.0224. The van der Waals surface area contributed by atoms with E-state index in [0.29, 0.717) is 26.4 Å². The largest absolute Gasteiger partial charge is 0.354 e. The molecule has 0 fully saturated rings. The van der Waals surface area contributed by atoms with Crippen LogP contribution in [-0.2, 0) is 0 Å². The summed E-state index contributed by atoms with van der Waals surface area (Å²) in [6.07, 6.45) is 0. The number of hydrogen-bond acceptors (Lipinski definition) is 2. The van der Waals surface area contributed by atoms with Crippen molar-refractivity contribution in [2.75, 3.05) is 5.32 Å². The van der Waals surface area contributed by atoms with Crippen LogP contribution in [0.1, 0.15) is 5.56 Å². The average molecular weight is 316 g/mol. The smallest absolute Gasteiger partial charge is 0.143 e. The molecule has 0 unspecified atom stereocenters. The fraction of sp³-hybridized carbons (Fsp3) is 0. The van der Waals surface area contributed by atoms with Crippen molar-refractivity contribution < 1.29 is 4.39 Å². The first-order valence-corrected chi connectivity index (χ1v) is 6.26. The van der Waals surface area contributed by atoms with Gasteiger partial charge in [0.05, 0.1) is 26.3 Å². The molecule has 2 aromatic carbocycles. The standard InChI is InChI=1S/C13H6Cl3FN2/c14-9-4-11(16)13(5-10(9)15)19-8-2-1-7(6-18)12(17)3-8/h1-5,19H. The van der Waals surface area contributed by atoms with Gasteiger partial charge in [0.15, 0.2) is 0 Å². The molecule has 0 atom stereocenters. The number of anilines is 2. The van der Waals surface area contributed by atoms with E-state index in [1.807, 2.05) is 0 Å². The van der Waals surface area contributed by atoms with Gasteiger partial charge < -0.3 is 5.32 Å². The van der Waals surface area contributed by atoms with E-state index in [2.05, 4.69) is 5.32 Å². The van der Waals surface area contributed by atoms with Crippen LogP contribution >= 0.6 is 34.8 Å². The van der Waals surface area contributed by atoms with Crippen molar-refractivity contribution in [3.8, 4) is 6.07 Å². The van der Waals surface area contributed by atoms with E-state index in [1.54, 1.807) is 18.2 Å². The molecule has 0 bridgehead atoms. The zero-order valence-corrected chi connectivity index (χ0v) is 11.6. The molecule has 0 aromatic heterocycles. The molecule has 0 aliphatic heterocycles. The lowest BCUT2D eigenvalue weighted by atomic mass is 10.2. The lowest BCUT2D eigenvalue weighted by Crippen LogP contribution is -1.94. The lowest BCUT2D eigenvalue weighted by Gasteiger charge is -2.10. The molecule has 0 aliphatic rings. The second kappa shape index (κ2) is 5.66. The summed E-state index contributed by atoms with van der Waals surface area (Å²) in [5.74, 6) is -0.608. The van der Waals surface area contributed by atoms with Gasteiger partial charge in [0.2, 0.25) is 0 Å².